The smallest absolute Gasteiger partial charge is 0.428 e. The number of benzene rings is 3. The van der Waals surface area contributed by atoms with Crippen LogP contribution in [-0.2, 0) is 0 Å². The molecule has 8 nitrogen and oxygen atoms in total. The van der Waals surface area contributed by atoms with Crippen LogP contribution in [0.25, 0.3) is 0 Å². The minimum atomic E-state index is -4.93. The van der Waals surface area contributed by atoms with Crippen LogP contribution in [0.4, 0.5) is 32.4 Å². The first-order chi connectivity index (χ1) is 19.9. The van der Waals surface area contributed by atoms with Crippen LogP contribution >= 0.6 is 11.6 Å². The first kappa shape index (κ1) is 30.2. The molecule has 2 atom stereocenters. The third-order valence-corrected chi connectivity index (χ3v) is 6.08. The molecule has 1 amide bonds. The molecule has 1 N–H and O–H groups in total. The van der Waals surface area contributed by atoms with E-state index in [1.54, 1.807) is 30.3 Å². The highest BCUT2D eigenvalue weighted by Gasteiger charge is 2.44. The van der Waals surface area contributed by atoms with Crippen LogP contribution < -0.4 is 14.8 Å². The Labute approximate surface area is 239 Å². The molecule has 0 aliphatic carbocycles. The summed E-state index contributed by atoms with van der Waals surface area (Å²) in [6.45, 7) is 0. The monoisotopic (exact) mass is 607 g/mol. The summed E-state index contributed by atoms with van der Waals surface area (Å²) < 4.78 is 77.1. The molecule has 4 rings (SSSR count). The summed E-state index contributed by atoms with van der Waals surface area (Å²) in [5, 5.41) is 13.7. The van der Waals surface area contributed by atoms with Crippen LogP contribution in [0, 0.1) is 15.9 Å². The van der Waals surface area contributed by atoms with Crippen molar-refractivity contribution in [3.63, 3.8) is 0 Å². The van der Waals surface area contributed by atoms with Crippen molar-refractivity contribution < 1.29 is 41.1 Å². The number of nitrogens with one attached hydrogen (secondary N) is 1. The second-order valence-corrected chi connectivity index (χ2v) is 9.17. The number of amides is 1. The van der Waals surface area contributed by atoms with E-state index in [-0.39, 0.29) is 22.0 Å². The van der Waals surface area contributed by atoms with E-state index < -0.39 is 47.1 Å². The highest BCUT2D eigenvalue weighted by molar-refractivity contribution is 6.30. The molecule has 1 heterocycles. The van der Waals surface area contributed by atoms with E-state index in [0.717, 1.165) is 24.3 Å². The topological polar surface area (TPSA) is 104 Å². The maximum atomic E-state index is 14.7. The number of nitro benzene ring substituents is 1. The highest BCUT2D eigenvalue weighted by atomic mass is 35.5. The quantitative estimate of drug-likeness (QED) is 0.113. The lowest BCUT2D eigenvalue weighted by atomic mass is 9.84. The number of non-ortho nitro benzene ring substituents is 1. The minimum absolute atomic E-state index is 0.0856. The number of carbonyl (C=O) groups is 1. The lowest BCUT2D eigenvalue weighted by molar-refractivity contribution is -0.384. The molecule has 42 heavy (non-hydrogen) atoms. The van der Waals surface area contributed by atoms with Crippen LogP contribution in [0.1, 0.15) is 28.8 Å². The molecule has 0 bridgehead atoms. The summed E-state index contributed by atoms with van der Waals surface area (Å²) in [5.41, 5.74) is 0.404. The van der Waals surface area contributed by atoms with Gasteiger partial charge in [0.25, 0.3) is 5.69 Å². The normalized spacial score (nSPS) is 12.8. The van der Waals surface area contributed by atoms with Gasteiger partial charge in [-0.05, 0) is 47.5 Å². The fraction of sp³-hybridized carbons (Fsp3) is 0.143. The predicted octanol–water partition coefficient (Wildman–Crippen LogP) is 7.68. The highest BCUT2D eigenvalue weighted by Crippen LogP contribution is 2.39. The Morgan fingerprint density at radius 2 is 1.64 bits per heavy atom. The molecule has 0 radical (unpaired) electrons. The molecule has 3 aromatic carbocycles. The number of aromatic nitrogens is 1. The molecule has 0 aliphatic heterocycles. The Morgan fingerprint density at radius 1 is 0.952 bits per heavy atom. The zero-order valence-corrected chi connectivity index (χ0v) is 21.9. The number of pyridine rings is 1. The lowest BCUT2D eigenvalue weighted by Gasteiger charge is -2.29. The number of nitrogens with zero attached hydrogens (tertiary/aromatic N) is 2. The summed E-state index contributed by atoms with van der Waals surface area (Å²) in [6.07, 6.45) is -8.93. The molecule has 1 aromatic heterocycles. The largest absolute Gasteiger partial charge is 0.461 e. The van der Waals surface area contributed by atoms with Gasteiger partial charge in [0.1, 0.15) is 17.3 Å². The van der Waals surface area contributed by atoms with Gasteiger partial charge in [0, 0.05) is 24.4 Å². The van der Waals surface area contributed by atoms with Crippen molar-refractivity contribution in [1.29, 1.82) is 0 Å². The number of ether oxygens (including phenoxy) is 2. The Hall–Kier alpha value is -4.78. The van der Waals surface area contributed by atoms with Crippen LogP contribution in [0.3, 0.4) is 0 Å². The van der Waals surface area contributed by atoms with Gasteiger partial charge in [0.2, 0.25) is 0 Å². The van der Waals surface area contributed by atoms with Crippen LogP contribution in [0.5, 0.6) is 11.5 Å². The van der Waals surface area contributed by atoms with Crippen molar-refractivity contribution in [2.75, 3.05) is 0 Å². The van der Waals surface area contributed by atoms with Crippen molar-refractivity contribution in [3.05, 3.63) is 129 Å². The predicted molar refractivity (Wildman–Crippen MR) is 141 cm³/mol. The van der Waals surface area contributed by atoms with E-state index in [4.69, 9.17) is 16.3 Å². The Morgan fingerprint density at radius 3 is 2.24 bits per heavy atom. The number of hydrogen-bond acceptors (Lipinski definition) is 6. The lowest BCUT2D eigenvalue weighted by Crippen LogP contribution is -2.36. The maximum absolute atomic E-state index is 14.7. The first-order valence-electron chi connectivity index (χ1n) is 12.0. The van der Waals surface area contributed by atoms with Gasteiger partial charge in [0.15, 0.2) is 0 Å². The molecule has 0 fully saturated rings. The number of hydrogen-bond donors (Lipinski definition) is 1. The second-order valence-electron chi connectivity index (χ2n) is 8.74. The van der Waals surface area contributed by atoms with E-state index in [0.29, 0.717) is 17.3 Å². The van der Waals surface area contributed by atoms with Gasteiger partial charge < -0.3 is 14.8 Å². The third kappa shape index (κ3) is 7.49. The zero-order valence-electron chi connectivity index (χ0n) is 21.1. The molecule has 2 unspecified atom stereocenters. The fourth-order valence-corrected chi connectivity index (χ4v) is 4.16. The minimum Gasteiger partial charge on any atom is -0.428 e. The van der Waals surface area contributed by atoms with E-state index in [9.17, 15) is 36.9 Å². The molecule has 0 saturated heterocycles. The van der Waals surface area contributed by atoms with Crippen molar-refractivity contribution in [2.24, 2.45) is 0 Å². The molecular weight excluding hydrogens is 589 g/mol. The summed E-state index contributed by atoms with van der Waals surface area (Å²) in [6, 6.07) is 16.9. The Bertz CT molecular complexity index is 1540. The summed E-state index contributed by atoms with van der Waals surface area (Å²) in [4.78, 5) is 27.7. The molecule has 0 aliphatic rings. The fourth-order valence-electron chi connectivity index (χ4n) is 4.05. The first-order valence-corrected chi connectivity index (χ1v) is 12.4. The molecular formula is C28H19ClF5N3O5. The van der Waals surface area contributed by atoms with E-state index >= 15 is 0 Å². The van der Waals surface area contributed by atoms with Gasteiger partial charge in [-0.25, -0.2) is 9.18 Å². The van der Waals surface area contributed by atoms with Gasteiger partial charge >= 0.3 is 18.6 Å². The number of nitro groups is 1. The SMILES string of the molecule is O=C(NC(c1cc(F)cc(OC(F)(F)C(F)F)c1)C(c1ccccc1)c1ccc(Cl)cn1)Oc1ccc([N+](=O)[O-])cc1. The summed E-state index contributed by atoms with van der Waals surface area (Å²) in [7, 11) is 0. The van der Waals surface area contributed by atoms with Crippen LogP contribution in [0.2, 0.25) is 5.02 Å². The Kier molecular flexibility index (Phi) is 9.21. The van der Waals surface area contributed by atoms with E-state index in [1.165, 1.54) is 30.5 Å². The standard InChI is InChI=1S/C28H19ClF5N3O5/c29-18-6-11-23(35-15-18)24(16-4-2-1-3-5-16)25(36-27(38)41-21-9-7-20(8-10-21)37(39)40)17-12-19(30)14-22(13-17)42-28(33,34)26(31)32/h1-15,24-26H,(H,36,38). The van der Waals surface area contributed by atoms with Gasteiger partial charge in [-0.15, -0.1) is 0 Å². The average molecular weight is 608 g/mol. The molecule has 218 valence electrons. The van der Waals surface area contributed by atoms with E-state index in [1.807, 2.05) is 0 Å². The van der Waals surface area contributed by atoms with Crippen molar-refractivity contribution in [1.82, 2.24) is 10.3 Å². The summed E-state index contributed by atoms with van der Waals surface area (Å²) >= 11 is 6.00. The molecule has 0 spiro atoms. The molecule has 14 heteroatoms. The average Bonchev–Trinajstić information content (AvgIpc) is 2.94. The van der Waals surface area contributed by atoms with Gasteiger partial charge in [-0.3, -0.25) is 15.1 Å². The van der Waals surface area contributed by atoms with Crippen LogP contribution in [-0.4, -0.2) is 28.5 Å². The van der Waals surface area contributed by atoms with Gasteiger partial charge in [0.05, 0.1) is 27.6 Å². The second kappa shape index (κ2) is 12.8. The van der Waals surface area contributed by atoms with Crippen molar-refractivity contribution in [3.8, 4) is 11.5 Å². The third-order valence-electron chi connectivity index (χ3n) is 5.85. The molecule has 0 saturated carbocycles. The van der Waals surface area contributed by atoms with Crippen molar-refractivity contribution in [2.45, 2.75) is 24.5 Å². The van der Waals surface area contributed by atoms with E-state index in [2.05, 4.69) is 15.0 Å². The maximum Gasteiger partial charge on any atom is 0.461 e. The summed E-state index contributed by atoms with van der Waals surface area (Å²) in [5.74, 6) is -3.07. The number of carbonyl (C=O) groups excluding carboxylic acids is 1. The number of alkyl halides is 4. The van der Waals surface area contributed by atoms with Gasteiger partial charge in [-0.2, -0.15) is 17.6 Å². The van der Waals surface area contributed by atoms with Gasteiger partial charge in [-0.1, -0.05) is 41.9 Å². The number of halogens is 6. The number of rotatable bonds is 10. The zero-order chi connectivity index (χ0) is 30.4. The van der Waals surface area contributed by atoms with Crippen LogP contribution in [0.15, 0.2) is 91.1 Å². The van der Waals surface area contributed by atoms with Crippen molar-refractivity contribution >= 4 is 23.4 Å². The Balaban J connectivity index is 1.79. The molecule has 4 aromatic rings.